The third kappa shape index (κ3) is 3.60. The van der Waals surface area contributed by atoms with Crippen molar-refractivity contribution < 1.29 is 14.5 Å². The van der Waals surface area contributed by atoms with E-state index in [-0.39, 0.29) is 23.1 Å². The van der Waals surface area contributed by atoms with Gasteiger partial charge in [0.25, 0.3) is 5.69 Å². The van der Waals surface area contributed by atoms with Crippen LogP contribution in [0.3, 0.4) is 0 Å². The van der Waals surface area contributed by atoms with Crippen molar-refractivity contribution in [3.63, 3.8) is 0 Å². The highest BCUT2D eigenvalue weighted by Crippen LogP contribution is 2.29. The molecule has 0 heterocycles. The lowest BCUT2D eigenvalue weighted by Gasteiger charge is -2.08. The van der Waals surface area contributed by atoms with Crippen molar-refractivity contribution in [2.75, 3.05) is 18.3 Å². The second kappa shape index (κ2) is 6.82. The summed E-state index contributed by atoms with van der Waals surface area (Å²) in [5.41, 5.74) is 3.17. The number of nitro benzene ring substituents is 1. The van der Waals surface area contributed by atoms with E-state index in [1.165, 1.54) is 24.9 Å². The minimum Gasteiger partial charge on any atom is -0.468 e. The van der Waals surface area contributed by atoms with Gasteiger partial charge in [0.15, 0.2) is 0 Å². The molecule has 0 fully saturated rings. The third-order valence-corrected chi connectivity index (χ3v) is 3.13. The van der Waals surface area contributed by atoms with Gasteiger partial charge in [0.1, 0.15) is 5.69 Å². The number of anilines is 1. The van der Waals surface area contributed by atoms with Gasteiger partial charge in [-0.2, -0.15) is 0 Å². The predicted molar refractivity (Wildman–Crippen MR) is 69.1 cm³/mol. The molecule has 0 unspecified atom stereocenters. The van der Waals surface area contributed by atoms with Gasteiger partial charge in [-0.15, -0.1) is 11.8 Å². The fraction of sp³-hybridized carbons (Fsp3) is 0.300. The van der Waals surface area contributed by atoms with Gasteiger partial charge in [-0.25, -0.2) is 0 Å². The molecule has 98 valence electrons. The fourth-order valence-corrected chi connectivity index (χ4v) is 2.18. The average molecular weight is 271 g/mol. The SMILES string of the molecule is COC(=O)CSCc1cccc([N+](=O)[O-])c1NN. The summed E-state index contributed by atoms with van der Waals surface area (Å²) in [6, 6.07) is 4.66. The summed E-state index contributed by atoms with van der Waals surface area (Å²) in [5, 5.41) is 10.8. The maximum atomic E-state index is 10.9. The van der Waals surface area contributed by atoms with Crippen molar-refractivity contribution in [1.29, 1.82) is 0 Å². The molecule has 1 aromatic rings. The molecule has 1 aromatic carbocycles. The highest BCUT2D eigenvalue weighted by Gasteiger charge is 2.16. The van der Waals surface area contributed by atoms with Crippen LogP contribution in [0, 0.1) is 10.1 Å². The van der Waals surface area contributed by atoms with Crippen molar-refractivity contribution in [3.8, 4) is 0 Å². The van der Waals surface area contributed by atoms with Gasteiger partial charge in [-0.3, -0.25) is 20.8 Å². The van der Waals surface area contributed by atoms with Crippen LogP contribution in [0.25, 0.3) is 0 Å². The number of nitrogens with one attached hydrogen (secondary N) is 1. The molecule has 1 rings (SSSR count). The van der Waals surface area contributed by atoms with E-state index in [2.05, 4.69) is 10.2 Å². The molecule has 0 saturated heterocycles. The molecule has 3 N–H and O–H groups in total. The van der Waals surface area contributed by atoms with E-state index in [0.717, 1.165) is 0 Å². The van der Waals surface area contributed by atoms with Gasteiger partial charge in [0.2, 0.25) is 0 Å². The van der Waals surface area contributed by atoms with Crippen LogP contribution >= 0.6 is 11.8 Å². The molecule has 0 saturated carbocycles. The van der Waals surface area contributed by atoms with Crippen LogP contribution in [-0.4, -0.2) is 23.8 Å². The van der Waals surface area contributed by atoms with Crippen molar-refractivity contribution in [1.82, 2.24) is 0 Å². The largest absolute Gasteiger partial charge is 0.468 e. The summed E-state index contributed by atoms with van der Waals surface area (Å²) in [6.07, 6.45) is 0. The number of hydrogen-bond donors (Lipinski definition) is 2. The molecule has 7 nitrogen and oxygen atoms in total. The molecule has 0 atom stereocenters. The Kier molecular flexibility index (Phi) is 5.40. The summed E-state index contributed by atoms with van der Waals surface area (Å²) in [7, 11) is 1.31. The normalized spacial score (nSPS) is 9.89. The molecule has 0 aliphatic heterocycles. The number of nitrogens with zero attached hydrogens (tertiary/aromatic N) is 1. The molecule has 0 aliphatic carbocycles. The highest BCUT2D eigenvalue weighted by atomic mass is 32.2. The lowest BCUT2D eigenvalue weighted by molar-refractivity contribution is -0.384. The van der Waals surface area contributed by atoms with Crippen molar-refractivity contribution in [3.05, 3.63) is 33.9 Å². The van der Waals surface area contributed by atoms with Crippen molar-refractivity contribution in [2.45, 2.75) is 5.75 Å². The van der Waals surface area contributed by atoms with Crippen LogP contribution in [0.5, 0.6) is 0 Å². The number of rotatable bonds is 6. The summed E-state index contributed by atoms with van der Waals surface area (Å²) in [6.45, 7) is 0. The number of hydrazine groups is 1. The number of ether oxygens (including phenoxy) is 1. The summed E-state index contributed by atoms with van der Waals surface area (Å²) < 4.78 is 4.50. The monoisotopic (exact) mass is 271 g/mol. The van der Waals surface area contributed by atoms with E-state index in [1.807, 2.05) is 0 Å². The van der Waals surface area contributed by atoms with Crippen LogP contribution in [0.1, 0.15) is 5.56 Å². The van der Waals surface area contributed by atoms with Gasteiger partial charge in [0, 0.05) is 11.8 Å². The second-order valence-electron chi connectivity index (χ2n) is 3.28. The molecule has 8 heteroatoms. The van der Waals surface area contributed by atoms with E-state index in [1.54, 1.807) is 12.1 Å². The van der Waals surface area contributed by atoms with Crippen LogP contribution in [0.2, 0.25) is 0 Å². The Morgan fingerprint density at radius 2 is 2.33 bits per heavy atom. The first-order valence-corrected chi connectivity index (χ1v) is 6.13. The Bertz CT molecular complexity index is 453. The number of benzene rings is 1. The molecule has 0 bridgehead atoms. The zero-order valence-electron chi connectivity index (χ0n) is 9.71. The number of esters is 1. The van der Waals surface area contributed by atoms with Crippen LogP contribution in [0.4, 0.5) is 11.4 Å². The Morgan fingerprint density at radius 1 is 1.61 bits per heavy atom. The van der Waals surface area contributed by atoms with E-state index < -0.39 is 4.92 Å². The minimum absolute atomic E-state index is 0.0892. The minimum atomic E-state index is -0.510. The number of hydrogen-bond acceptors (Lipinski definition) is 7. The highest BCUT2D eigenvalue weighted by molar-refractivity contribution is 7.99. The summed E-state index contributed by atoms with van der Waals surface area (Å²) in [4.78, 5) is 21.2. The van der Waals surface area contributed by atoms with Crippen LogP contribution < -0.4 is 11.3 Å². The fourth-order valence-electron chi connectivity index (χ4n) is 1.33. The average Bonchev–Trinajstić information content (AvgIpc) is 2.37. The van der Waals surface area contributed by atoms with Crippen molar-refractivity contribution >= 4 is 29.1 Å². The number of nitrogen functional groups attached to an aromatic ring is 1. The number of methoxy groups -OCH3 is 1. The Morgan fingerprint density at radius 3 is 2.89 bits per heavy atom. The van der Waals surface area contributed by atoms with Gasteiger partial charge in [0.05, 0.1) is 17.8 Å². The molecule has 0 spiro atoms. The maximum absolute atomic E-state index is 10.9. The van der Waals surface area contributed by atoms with Crippen molar-refractivity contribution in [2.24, 2.45) is 5.84 Å². The zero-order chi connectivity index (χ0) is 13.5. The van der Waals surface area contributed by atoms with Gasteiger partial charge >= 0.3 is 5.97 Å². The topological polar surface area (TPSA) is 107 Å². The van der Waals surface area contributed by atoms with E-state index >= 15 is 0 Å². The smallest absolute Gasteiger partial charge is 0.315 e. The third-order valence-electron chi connectivity index (χ3n) is 2.17. The van der Waals surface area contributed by atoms with Gasteiger partial charge in [-0.05, 0) is 5.56 Å². The molecular weight excluding hydrogens is 258 g/mol. The number of para-hydroxylation sites is 1. The quantitative estimate of drug-likeness (QED) is 0.347. The first-order chi connectivity index (χ1) is 8.60. The number of carbonyl (C=O) groups excluding carboxylic acids is 1. The summed E-state index contributed by atoms with van der Waals surface area (Å²) in [5.74, 6) is 5.56. The Labute approximate surface area is 108 Å². The zero-order valence-corrected chi connectivity index (χ0v) is 10.5. The Hall–Kier alpha value is -1.80. The van der Waals surface area contributed by atoms with E-state index in [0.29, 0.717) is 11.3 Å². The number of thioether (sulfide) groups is 1. The molecule has 0 amide bonds. The van der Waals surface area contributed by atoms with E-state index in [4.69, 9.17) is 5.84 Å². The number of nitrogens with two attached hydrogens (primary N) is 1. The lowest BCUT2D eigenvalue weighted by Crippen LogP contribution is -2.11. The number of carbonyl (C=O) groups is 1. The first-order valence-electron chi connectivity index (χ1n) is 4.97. The Balaban J connectivity index is 2.79. The molecule has 18 heavy (non-hydrogen) atoms. The molecule has 0 radical (unpaired) electrons. The lowest BCUT2D eigenvalue weighted by atomic mass is 10.2. The van der Waals surface area contributed by atoms with Gasteiger partial charge < -0.3 is 10.2 Å². The second-order valence-corrected chi connectivity index (χ2v) is 4.27. The maximum Gasteiger partial charge on any atom is 0.315 e. The predicted octanol–water partition coefficient (Wildman–Crippen LogP) is 1.29. The summed E-state index contributed by atoms with van der Waals surface area (Å²) >= 11 is 1.30. The molecule has 0 aromatic heterocycles. The number of nitro groups is 1. The van der Waals surface area contributed by atoms with E-state index in [9.17, 15) is 14.9 Å². The standard InChI is InChI=1S/C10H13N3O4S/c1-17-9(14)6-18-5-7-3-2-4-8(13(15)16)10(7)12-11/h2-4,12H,5-6,11H2,1H3. The first kappa shape index (κ1) is 14.3. The van der Waals surface area contributed by atoms with Crippen LogP contribution in [0.15, 0.2) is 18.2 Å². The molecular formula is C10H13N3O4S. The molecule has 0 aliphatic rings. The van der Waals surface area contributed by atoms with Gasteiger partial charge in [-0.1, -0.05) is 12.1 Å². The van der Waals surface area contributed by atoms with Crippen LogP contribution in [-0.2, 0) is 15.3 Å².